The summed E-state index contributed by atoms with van der Waals surface area (Å²) in [6.45, 7) is 6.78. The summed E-state index contributed by atoms with van der Waals surface area (Å²) in [5, 5.41) is 3.28. The predicted octanol–water partition coefficient (Wildman–Crippen LogP) is 3.42. The molecule has 0 saturated heterocycles. The summed E-state index contributed by atoms with van der Waals surface area (Å²) in [4.78, 5) is 2.63. The van der Waals surface area contributed by atoms with Gasteiger partial charge >= 0.3 is 0 Å². The van der Waals surface area contributed by atoms with Crippen LogP contribution in [0.5, 0.6) is 0 Å². The molecule has 1 aliphatic carbocycles. The number of hydrogen-bond acceptors (Lipinski definition) is 2. The summed E-state index contributed by atoms with van der Waals surface area (Å²) >= 11 is 0. The van der Waals surface area contributed by atoms with E-state index in [-0.39, 0.29) is 0 Å². The van der Waals surface area contributed by atoms with E-state index in [1.54, 1.807) is 0 Å². The van der Waals surface area contributed by atoms with Crippen LogP contribution in [0, 0.1) is 5.92 Å². The van der Waals surface area contributed by atoms with Crippen molar-refractivity contribution in [3.8, 4) is 0 Å². The summed E-state index contributed by atoms with van der Waals surface area (Å²) in [6.07, 6.45) is 4.02. The van der Waals surface area contributed by atoms with Crippen LogP contribution in [0.4, 0.5) is 5.69 Å². The molecule has 1 aromatic rings. The summed E-state index contributed by atoms with van der Waals surface area (Å²) < 4.78 is 0. The molecular weight excluding hydrogens is 220 g/mol. The van der Waals surface area contributed by atoms with Crippen LogP contribution >= 0.6 is 0 Å². The second-order valence-corrected chi connectivity index (χ2v) is 5.77. The first-order chi connectivity index (χ1) is 8.72. The fourth-order valence-corrected chi connectivity index (χ4v) is 2.41. The third-order valence-corrected chi connectivity index (χ3v) is 3.60. The molecule has 1 aliphatic rings. The van der Waals surface area contributed by atoms with Crippen molar-refractivity contribution in [3.63, 3.8) is 0 Å². The highest BCUT2D eigenvalue weighted by molar-refractivity contribution is 5.55. The van der Waals surface area contributed by atoms with Crippen LogP contribution in [-0.2, 0) is 6.54 Å². The molecule has 0 aliphatic heterocycles. The Bertz CT molecular complexity index is 369. The molecule has 0 radical (unpaired) electrons. The van der Waals surface area contributed by atoms with Crippen molar-refractivity contribution in [1.82, 2.24) is 5.32 Å². The van der Waals surface area contributed by atoms with Crippen molar-refractivity contribution in [3.05, 3.63) is 29.8 Å². The Balaban J connectivity index is 2.13. The minimum atomic E-state index is 0.780. The lowest BCUT2D eigenvalue weighted by Crippen LogP contribution is -2.29. The molecule has 1 fully saturated rings. The summed E-state index contributed by atoms with van der Waals surface area (Å²) in [5.74, 6) is 0.780. The van der Waals surface area contributed by atoms with E-state index >= 15 is 0 Å². The number of benzene rings is 1. The van der Waals surface area contributed by atoms with E-state index in [0.717, 1.165) is 18.5 Å². The van der Waals surface area contributed by atoms with E-state index in [1.807, 2.05) is 7.05 Å². The molecule has 0 unspecified atom stereocenters. The Morgan fingerprint density at radius 1 is 1.28 bits per heavy atom. The summed E-state index contributed by atoms with van der Waals surface area (Å²) in [6, 6.07) is 9.63. The minimum absolute atomic E-state index is 0.780. The number of nitrogens with one attached hydrogen (secondary N) is 1. The van der Waals surface area contributed by atoms with Crippen molar-refractivity contribution >= 4 is 5.69 Å². The Morgan fingerprint density at radius 3 is 2.61 bits per heavy atom. The zero-order valence-electron chi connectivity index (χ0n) is 11.9. The highest BCUT2D eigenvalue weighted by atomic mass is 15.2. The Labute approximate surface area is 111 Å². The number of nitrogens with zero attached hydrogens (tertiary/aromatic N) is 1. The predicted molar refractivity (Wildman–Crippen MR) is 79.0 cm³/mol. The molecule has 18 heavy (non-hydrogen) atoms. The molecule has 1 N–H and O–H groups in total. The van der Waals surface area contributed by atoms with Crippen LogP contribution in [0.25, 0.3) is 0 Å². The number of para-hydroxylation sites is 1. The van der Waals surface area contributed by atoms with Crippen LogP contribution in [-0.4, -0.2) is 19.6 Å². The van der Waals surface area contributed by atoms with Gasteiger partial charge in [-0.2, -0.15) is 0 Å². The molecule has 2 nitrogen and oxygen atoms in total. The number of anilines is 1. The largest absolute Gasteiger partial charge is 0.368 e. The van der Waals surface area contributed by atoms with Gasteiger partial charge in [0.2, 0.25) is 0 Å². The highest BCUT2D eigenvalue weighted by Crippen LogP contribution is 2.34. The second kappa shape index (κ2) is 6.24. The van der Waals surface area contributed by atoms with E-state index in [2.05, 4.69) is 48.3 Å². The molecule has 1 saturated carbocycles. The highest BCUT2D eigenvalue weighted by Gasteiger charge is 2.29. The molecule has 0 spiro atoms. The van der Waals surface area contributed by atoms with Crippen molar-refractivity contribution in [2.45, 2.75) is 45.7 Å². The van der Waals surface area contributed by atoms with Gasteiger partial charge in [0.15, 0.2) is 0 Å². The van der Waals surface area contributed by atoms with E-state index in [4.69, 9.17) is 0 Å². The summed E-state index contributed by atoms with van der Waals surface area (Å²) in [5.41, 5.74) is 2.87. The van der Waals surface area contributed by atoms with Crippen LogP contribution < -0.4 is 10.2 Å². The molecule has 0 aromatic heterocycles. The van der Waals surface area contributed by atoms with Gasteiger partial charge in [0.1, 0.15) is 0 Å². The Hall–Kier alpha value is -1.02. The van der Waals surface area contributed by atoms with Gasteiger partial charge < -0.3 is 10.2 Å². The monoisotopic (exact) mass is 246 g/mol. The molecule has 100 valence electrons. The first kappa shape index (κ1) is 13.4. The summed E-state index contributed by atoms with van der Waals surface area (Å²) in [7, 11) is 2.02. The Morgan fingerprint density at radius 2 is 2.00 bits per heavy atom. The zero-order chi connectivity index (χ0) is 13.0. The normalized spacial score (nSPS) is 15.1. The van der Waals surface area contributed by atoms with E-state index in [0.29, 0.717) is 0 Å². The van der Waals surface area contributed by atoms with Crippen LogP contribution in [0.3, 0.4) is 0 Å². The van der Waals surface area contributed by atoms with Gasteiger partial charge in [-0.25, -0.2) is 0 Å². The first-order valence-corrected chi connectivity index (χ1v) is 7.21. The first-order valence-electron chi connectivity index (χ1n) is 7.21. The number of rotatable bonds is 7. The van der Waals surface area contributed by atoms with Crippen LogP contribution in [0.2, 0.25) is 0 Å². The third-order valence-electron chi connectivity index (χ3n) is 3.60. The van der Waals surface area contributed by atoms with E-state index in [9.17, 15) is 0 Å². The SMILES string of the molecule is CNCc1ccccc1N(CCC(C)C)C1CC1. The molecule has 0 atom stereocenters. The Kier molecular flexibility index (Phi) is 4.65. The maximum Gasteiger partial charge on any atom is 0.0414 e. The van der Waals surface area contributed by atoms with Gasteiger partial charge in [0, 0.05) is 24.8 Å². The standard InChI is InChI=1S/C16H26N2/c1-13(2)10-11-18(15-8-9-15)16-7-5-4-6-14(16)12-17-3/h4-7,13,15,17H,8-12H2,1-3H3. The van der Waals surface area contributed by atoms with Gasteiger partial charge in [-0.15, -0.1) is 0 Å². The lowest BCUT2D eigenvalue weighted by Gasteiger charge is -2.28. The van der Waals surface area contributed by atoms with E-state index in [1.165, 1.54) is 37.1 Å². The molecule has 0 amide bonds. The van der Waals surface area contributed by atoms with Crippen LogP contribution in [0.15, 0.2) is 24.3 Å². The van der Waals surface area contributed by atoms with Gasteiger partial charge in [0.25, 0.3) is 0 Å². The topological polar surface area (TPSA) is 15.3 Å². The minimum Gasteiger partial charge on any atom is -0.368 e. The molecule has 2 heteroatoms. The van der Waals surface area contributed by atoms with Gasteiger partial charge in [-0.1, -0.05) is 32.0 Å². The van der Waals surface area contributed by atoms with Gasteiger partial charge in [-0.05, 0) is 43.9 Å². The average molecular weight is 246 g/mol. The third kappa shape index (κ3) is 3.49. The zero-order valence-corrected chi connectivity index (χ0v) is 11.9. The van der Waals surface area contributed by atoms with Crippen molar-refractivity contribution in [2.24, 2.45) is 5.92 Å². The fourth-order valence-electron chi connectivity index (χ4n) is 2.41. The molecule has 0 heterocycles. The molecule has 1 aromatic carbocycles. The van der Waals surface area contributed by atoms with Gasteiger partial charge in [0.05, 0.1) is 0 Å². The maximum absolute atomic E-state index is 3.28. The van der Waals surface area contributed by atoms with Gasteiger partial charge in [-0.3, -0.25) is 0 Å². The second-order valence-electron chi connectivity index (χ2n) is 5.77. The fraction of sp³-hybridized carbons (Fsp3) is 0.625. The maximum atomic E-state index is 3.28. The van der Waals surface area contributed by atoms with Crippen molar-refractivity contribution in [2.75, 3.05) is 18.5 Å². The van der Waals surface area contributed by atoms with Crippen molar-refractivity contribution < 1.29 is 0 Å². The molecular formula is C16H26N2. The molecule has 2 rings (SSSR count). The number of hydrogen-bond donors (Lipinski definition) is 1. The lowest BCUT2D eigenvalue weighted by molar-refractivity contribution is 0.569. The average Bonchev–Trinajstić information content (AvgIpc) is 3.16. The molecule has 0 bridgehead atoms. The van der Waals surface area contributed by atoms with Crippen molar-refractivity contribution in [1.29, 1.82) is 0 Å². The quantitative estimate of drug-likeness (QED) is 0.793. The lowest BCUT2D eigenvalue weighted by atomic mass is 10.1. The smallest absolute Gasteiger partial charge is 0.0414 e. The van der Waals surface area contributed by atoms with E-state index < -0.39 is 0 Å². The van der Waals surface area contributed by atoms with Crippen LogP contribution in [0.1, 0.15) is 38.7 Å².